The molecule has 0 radical (unpaired) electrons. The normalized spacial score (nSPS) is 15.2. The SMILES string of the molecule is Cc1ncc2c(n1)N(C)C(=O)CN2. The predicted molar refractivity (Wildman–Crippen MR) is 48.7 cm³/mol. The Bertz CT molecular complexity index is 363. The van der Waals surface area contributed by atoms with Crippen LogP contribution in [0, 0.1) is 6.92 Å². The number of likely N-dealkylation sites (N-methyl/N-ethyl adjacent to an activating group) is 1. The van der Waals surface area contributed by atoms with Crippen molar-refractivity contribution in [3.63, 3.8) is 0 Å². The molecule has 2 rings (SSSR count). The molecule has 1 aliphatic heterocycles. The van der Waals surface area contributed by atoms with Crippen LogP contribution in [0.4, 0.5) is 11.5 Å². The Labute approximate surface area is 75.8 Å². The number of carbonyl (C=O) groups excluding carboxylic acids is 1. The molecule has 1 amide bonds. The third-order valence-electron chi connectivity index (χ3n) is 2.01. The zero-order valence-corrected chi connectivity index (χ0v) is 7.53. The molecular weight excluding hydrogens is 168 g/mol. The average molecular weight is 178 g/mol. The molecule has 0 spiro atoms. The number of aryl methyl sites for hydroxylation is 1. The molecule has 68 valence electrons. The summed E-state index contributed by atoms with van der Waals surface area (Å²) in [5.41, 5.74) is 0.813. The van der Waals surface area contributed by atoms with E-state index >= 15 is 0 Å². The Morgan fingerprint density at radius 2 is 2.38 bits per heavy atom. The number of hydrogen-bond acceptors (Lipinski definition) is 4. The highest BCUT2D eigenvalue weighted by atomic mass is 16.2. The molecule has 1 aliphatic rings. The third-order valence-corrected chi connectivity index (χ3v) is 2.01. The summed E-state index contributed by atoms with van der Waals surface area (Å²) >= 11 is 0. The molecule has 5 heteroatoms. The first-order valence-electron chi connectivity index (χ1n) is 4.02. The smallest absolute Gasteiger partial charge is 0.247 e. The standard InChI is InChI=1S/C8H10N4O/c1-5-9-3-6-8(11-5)12(2)7(13)4-10-6/h3,10H,4H2,1-2H3. The van der Waals surface area contributed by atoms with Gasteiger partial charge in [0.25, 0.3) is 0 Å². The molecule has 1 N–H and O–H groups in total. The van der Waals surface area contributed by atoms with E-state index in [0.29, 0.717) is 18.2 Å². The van der Waals surface area contributed by atoms with Gasteiger partial charge in [-0.05, 0) is 6.92 Å². The van der Waals surface area contributed by atoms with Gasteiger partial charge in [0, 0.05) is 7.05 Å². The monoisotopic (exact) mass is 178 g/mol. The van der Waals surface area contributed by atoms with Crippen molar-refractivity contribution in [1.82, 2.24) is 9.97 Å². The Morgan fingerprint density at radius 3 is 3.15 bits per heavy atom. The van der Waals surface area contributed by atoms with E-state index in [1.807, 2.05) is 0 Å². The second-order valence-electron chi connectivity index (χ2n) is 2.96. The largest absolute Gasteiger partial charge is 0.372 e. The highest BCUT2D eigenvalue weighted by Crippen LogP contribution is 2.24. The van der Waals surface area contributed by atoms with Crippen molar-refractivity contribution in [3.05, 3.63) is 12.0 Å². The van der Waals surface area contributed by atoms with E-state index in [0.717, 1.165) is 5.69 Å². The second kappa shape index (κ2) is 2.69. The van der Waals surface area contributed by atoms with Crippen LogP contribution in [0.5, 0.6) is 0 Å². The third kappa shape index (κ3) is 1.22. The summed E-state index contributed by atoms with van der Waals surface area (Å²) in [6.07, 6.45) is 1.70. The van der Waals surface area contributed by atoms with E-state index in [2.05, 4.69) is 15.3 Å². The van der Waals surface area contributed by atoms with Crippen LogP contribution < -0.4 is 10.2 Å². The summed E-state index contributed by atoms with van der Waals surface area (Å²) in [5.74, 6) is 1.34. The fraction of sp³-hybridized carbons (Fsp3) is 0.375. The second-order valence-corrected chi connectivity index (χ2v) is 2.96. The first-order valence-corrected chi connectivity index (χ1v) is 4.02. The lowest BCUT2D eigenvalue weighted by atomic mass is 10.3. The number of amides is 1. The Morgan fingerprint density at radius 1 is 1.62 bits per heavy atom. The minimum Gasteiger partial charge on any atom is -0.372 e. The molecule has 1 aromatic heterocycles. The minimum absolute atomic E-state index is 0.0191. The van der Waals surface area contributed by atoms with Gasteiger partial charge >= 0.3 is 0 Å². The van der Waals surface area contributed by atoms with Crippen molar-refractivity contribution in [2.24, 2.45) is 0 Å². The Kier molecular flexibility index (Phi) is 1.65. The van der Waals surface area contributed by atoms with Crippen LogP contribution in [-0.4, -0.2) is 29.5 Å². The number of hydrogen-bond donors (Lipinski definition) is 1. The number of fused-ring (bicyclic) bond motifs is 1. The van der Waals surface area contributed by atoms with Crippen molar-refractivity contribution in [2.75, 3.05) is 23.8 Å². The zero-order valence-electron chi connectivity index (χ0n) is 7.53. The van der Waals surface area contributed by atoms with Gasteiger partial charge in [-0.2, -0.15) is 0 Å². The van der Waals surface area contributed by atoms with Crippen molar-refractivity contribution in [1.29, 1.82) is 0 Å². The summed E-state index contributed by atoms with van der Waals surface area (Å²) in [4.78, 5) is 21.0. The van der Waals surface area contributed by atoms with Crippen LogP contribution in [0.3, 0.4) is 0 Å². The topological polar surface area (TPSA) is 58.1 Å². The number of carbonyl (C=O) groups is 1. The van der Waals surface area contributed by atoms with Crippen LogP contribution in [0.25, 0.3) is 0 Å². The Balaban J connectivity index is 2.51. The van der Waals surface area contributed by atoms with Gasteiger partial charge in [0.1, 0.15) is 5.82 Å². The van der Waals surface area contributed by atoms with Gasteiger partial charge in [-0.1, -0.05) is 0 Å². The van der Waals surface area contributed by atoms with Gasteiger partial charge in [0.2, 0.25) is 5.91 Å². The van der Waals surface area contributed by atoms with E-state index < -0.39 is 0 Å². The van der Waals surface area contributed by atoms with E-state index in [1.54, 1.807) is 25.1 Å². The number of nitrogens with zero attached hydrogens (tertiary/aromatic N) is 3. The molecule has 0 atom stereocenters. The first-order chi connectivity index (χ1) is 6.18. The van der Waals surface area contributed by atoms with Crippen molar-refractivity contribution in [2.45, 2.75) is 6.92 Å². The zero-order chi connectivity index (χ0) is 9.42. The molecule has 0 saturated heterocycles. The van der Waals surface area contributed by atoms with Crippen LogP contribution >= 0.6 is 0 Å². The molecule has 0 bridgehead atoms. The van der Waals surface area contributed by atoms with Gasteiger partial charge < -0.3 is 5.32 Å². The maximum absolute atomic E-state index is 11.3. The van der Waals surface area contributed by atoms with Gasteiger partial charge in [-0.25, -0.2) is 9.97 Å². The van der Waals surface area contributed by atoms with E-state index in [-0.39, 0.29) is 5.91 Å². The van der Waals surface area contributed by atoms with Crippen LogP contribution in [-0.2, 0) is 4.79 Å². The number of aromatic nitrogens is 2. The molecular formula is C8H10N4O. The van der Waals surface area contributed by atoms with Crippen LogP contribution in [0.1, 0.15) is 5.82 Å². The highest BCUT2D eigenvalue weighted by Gasteiger charge is 2.21. The van der Waals surface area contributed by atoms with Crippen molar-refractivity contribution < 1.29 is 4.79 Å². The average Bonchev–Trinajstić information content (AvgIpc) is 2.12. The lowest BCUT2D eigenvalue weighted by Crippen LogP contribution is -2.37. The van der Waals surface area contributed by atoms with E-state index in [4.69, 9.17) is 0 Å². The highest BCUT2D eigenvalue weighted by molar-refractivity contribution is 6.00. The number of nitrogens with one attached hydrogen (secondary N) is 1. The summed E-state index contributed by atoms with van der Waals surface area (Å²) in [6.45, 7) is 2.11. The fourth-order valence-electron chi connectivity index (χ4n) is 1.25. The van der Waals surface area contributed by atoms with Gasteiger partial charge in [0.05, 0.1) is 18.4 Å². The molecule has 5 nitrogen and oxygen atoms in total. The first kappa shape index (κ1) is 7.97. The molecule has 13 heavy (non-hydrogen) atoms. The summed E-state index contributed by atoms with van der Waals surface area (Å²) in [6, 6.07) is 0. The van der Waals surface area contributed by atoms with Gasteiger partial charge in [-0.15, -0.1) is 0 Å². The fourth-order valence-corrected chi connectivity index (χ4v) is 1.25. The number of rotatable bonds is 0. The summed E-state index contributed by atoms with van der Waals surface area (Å²) in [7, 11) is 1.72. The predicted octanol–water partition coefficient (Wildman–Crippen LogP) is 0.173. The molecule has 2 heterocycles. The molecule has 0 fully saturated rings. The van der Waals surface area contributed by atoms with Crippen LogP contribution in [0.15, 0.2) is 6.20 Å². The summed E-state index contributed by atoms with van der Waals surface area (Å²) < 4.78 is 0. The van der Waals surface area contributed by atoms with E-state index in [1.165, 1.54) is 0 Å². The lowest BCUT2D eigenvalue weighted by Gasteiger charge is -2.25. The maximum atomic E-state index is 11.3. The maximum Gasteiger partial charge on any atom is 0.247 e. The van der Waals surface area contributed by atoms with E-state index in [9.17, 15) is 4.79 Å². The van der Waals surface area contributed by atoms with Crippen molar-refractivity contribution in [3.8, 4) is 0 Å². The van der Waals surface area contributed by atoms with Gasteiger partial charge in [-0.3, -0.25) is 9.69 Å². The molecule has 0 unspecified atom stereocenters. The van der Waals surface area contributed by atoms with Crippen LogP contribution in [0.2, 0.25) is 0 Å². The molecule has 0 saturated carbocycles. The molecule has 1 aromatic rings. The summed E-state index contributed by atoms with van der Waals surface area (Å²) in [5, 5.41) is 2.95. The quantitative estimate of drug-likeness (QED) is 0.615. The number of anilines is 2. The Hall–Kier alpha value is -1.65. The molecule has 0 aromatic carbocycles. The molecule has 0 aliphatic carbocycles. The van der Waals surface area contributed by atoms with Crippen molar-refractivity contribution >= 4 is 17.4 Å². The lowest BCUT2D eigenvalue weighted by molar-refractivity contribution is -0.116. The van der Waals surface area contributed by atoms with Gasteiger partial charge in [0.15, 0.2) is 5.82 Å². The minimum atomic E-state index is 0.0191.